The summed E-state index contributed by atoms with van der Waals surface area (Å²) in [5.74, 6) is -1.08. The normalized spacial score (nSPS) is 11.3. The van der Waals surface area contributed by atoms with E-state index in [-0.39, 0.29) is 11.8 Å². The molecule has 0 aliphatic heterocycles. The maximum Gasteiger partial charge on any atom is 0.337 e. The van der Waals surface area contributed by atoms with Gasteiger partial charge in [0.1, 0.15) is 6.04 Å². The molecule has 0 aliphatic carbocycles. The number of carbonyl (C=O) groups excluding carboxylic acids is 3. The predicted octanol–water partition coefficient (Wildman–Crippen LogP) is 0.728. The summed E-state index contributed by atoms with van der Waals surface area (Å²) in [6.45, 7) is 3.91. The van der Waals surface area contributed by atoms with Crippen LogP contribution in [0.1, 0.15) is 34.6 Å². The van der Waals surface area contributed by atoms with E-state index in [1.807, 2.05) is 0 Å². The lowest BCUT2D eigenvalue weighted by atomic mass is 10.1. The Kier molecular flexibility index (Phi) is 5.71. The Balaban J connectivity index is 2.68. The van der Waals surface area contributed by atoms with Crippen LogP contribution < -0.4 is 10.6 Å². The Hall–Kier alpha value is -2.37. The molecule has 108 valence electrons. The summed E-state index contributed by atoms with van der Waals surface area (Å²) >= 11 is 0. The number of methoxy groups -OCH3 is 1. The van der Waals surface area contributed by atoms with Crippen molar-refractivity contribution < 1.29 is 19.1 Å². The highest BCUT2D eigenvalue weighted by atomic mass is 16.5. The van der Waals surface area contributed by atoms with Crippen molar-refractivity contribution in [3.05, 3.63) is 35.4 Å². The molecule has 1 rings (SSSR count). The molecule has 1 atom stereocenters. The summed E-state index contributed by atoms with van der Waals surface area (Å²) in [6.07, 6.45) is 0. The monoisotopic (exact) mass is 278 g/mol. The highest BCUT2D eigenvalue weighted by molar-refractivity contribution is 5.98. The van der Waals surface area contributed by atoms with Crippen molar-refractivity contribution in [1.82, 2.24) is 10.6 Å². The fourth-order valence-corrected chi connectivity index (χ4v) is 1.55. The molecule has 0 heterocycles. The van der Waals surface area contributed by atoms with Crippen molar-refractivity contribution in [3.8, 4) is 0 Å². The van der Waals surface area contributed by atoms with Gasteiger partial charge in [-0.05, 0) is 38.1 Å². The molecule has 0 spiro atoms. The smallest absolute Gasteiger partial charge is 0.337 e. The zero-order chi connectivity index (χ0) is 15.1. The van der Waals surface area contributed by atoms with Gasteiger partial charge in [0.2, 0.25) is 5.91 Å². The molecular formula is C14H18N2O4. The highest BCUT2D eigenvalue weighted by Crippen LogP contribution is 2.06. The molecule has 6 nitrogen and oxygen atoms in total. The van der Waals surface area contributed by atoms with Gasteiger partial charge in [-0.25, -0.2) is 4.79 Å². The molecular weight excluding hydrogens is 260 g/mol. The number of esters is 1. The van der Waals surface area contributed by atoms with Gasteiger partial charge in [0, 0.05) is 12.1 Å². The first kappa shape index (κ1) is 15.7. The van der Waals surface area contributed by atoms with Gasteiger partial charge in [-0.2, -0.15) is 0 Å². The summed E-state index contributed by atoms with van der Waals surface area (Å²) in [7, 11) is 1.29. The van der Waals surface area contributed by atoms with Crippen LogP contribution in [0.4, 0.5) is 0 Å². The number of hydrogen-bond acceptors (Lipinski definition) is 4. The van der Waals surface area contributed by atoms with Crippen molar-refractivity contribution in [2.24, 2.45) is 0 Å². The molecule has 0 unspecified atom stereocenters. The van der Waals surface area contributed by atoms with E-state index in [9.17, 15) is 14.4 Å². The maximum atomic E-state index is 11.9. The molecule has 0 fully saturated rings. The van der Waals surface area contributed by atoms with Gasteiger partial charge >= 0.3 is 5.97 Å². The van der Waals surface area contributed by atoms with E-state index in [4.69, 9.17) is 0 Å². The standard InChI is InChI=1S/C14H18N2O4/c1-4-15-12(17)9(2)16-13(18)10-5-7-11(8-6-10)14(19)20-3/h5-9H,4H2,1-3H3,(H,15,17)(H,16,18)/t9-/m1/s1. The second-order valence-corrected chi connectivity index (χ2v) is 4.16. The number of ether oxygens (including phenoxy) is 1. The van der Waals surface area contributed by atoms with Gasteiger partial charge in [0.25, 0.3) is 5.91 Å². The van der Waals surface area contributed by atoms with Crippen LogP contribution >= 0.6 is 0 Å². The zero-order valence-corrected chi connectivity index (χ0v) is 11.7. The molecule has 20 heavy (non-hydrogen) atoms. The molecule has 1 aromatic rings. The first-order valence-corrected chi connectivity index (χ1v) is 6.26. The van der Waals surface area contributed by atoms with Crippen LogP contribution in [0, 0.1) is 0 Å². The maximum absolute atomic E-state index is 11.9. The summed E-state index contributed by atoms with van der Waals surface area (Å²) in [6, 6.07) is 5.38. The van der Waals surface area contributed by atoms with E-state index in [0.717, 1.165) is 0 Å². The van der Waals surface area contributed by atoms with Crippen LogP contribution in [0.25, 0.3) is 0 Å². The fraction of sp³-hybridized carbons (Fsp3) is 0.357. The molecule has 0 radical (unpaired) electrons. The van der Waals surface area contributed by atoms with E-state index in [2.05, 4.69) is 15.4 Å². The van der Waals surface area contributed by atoms with Gasteiger partial charge in [0.15, 0.2) is 0 Å². The number of likely N-dealkylation sites (N-methyl/N-ethyl adjacent to an activating group) is 1. The second kappa shape index (κ2) is 7.28. The zero-order valence-electron chi connectivity index (χ0n) is 11.7. The molecule has 6 heteroatoms. The Morgan fingerprint density at radius 2 is 1.70 bits per heavy atom. The minimum absolute atomic E-state index is 0.243. The van der Waals surface area contributed by atoms with Gasteiger partial charge in [-0.3, -0.25) is 9.59 Å². The van der Waals surface area contributed by atoms with E-state index in [0.29, 0.717) is 17.7 Å². The van der Waals surface area contributed by atoms with Gasteiger partial charge in [-0.15, -0.1) is 0 Å². The Morgan fingerprint density at radius 1 is 1.15 bits per heavy atom. The number of hydrogen-bond donors (Lipinski definition) is 2. The van der Waals surface area contributed by atoms with E-state index >= 15 is 0 Å². The molecule has 2 amide bonds. The Morgan fingerprint density at radius 3 is 2.20 bits per heavy atom. The third-order valence-corrected chi connectivity index (χ3v) is 2.66. The van der Waals surface area contributed by atoms with E-state index in [1.54, 1.807) is 13.8 Å². The lowest BCUT2D eigenvalue weighted by molar-refractivity contribution is -0.122. The minimum Gasteiger partial charge on any atom is -0.465 e. The Bertz CT molecular complexity index is 496. The van der Waals surface area contributed by atoms with Crippen LogP contribution in [0.15, 0.2) is 24.3 Å². The SMILES string of the molecule is CCNC(=O)[C@@H](C)NC(=O)c1ccc(C(=O)OC)cc1. The summed E-state index contributed by atoms with van der Waals surface area (Å²) in [4.78, 5) is 34.7. The van der Waals surface area contributed by atoms with Crippen LogP contribution in [0.2, 0.25) is 0 Å². The molecule has 0 aliphatic rings. The Labute approximate surface area is 117 Å². The third-order valence-electron chi connectivity index (χ3n) is 2.66. The quantitative estimate of drug-likeness (QED) is 0.778. The first-order chi connectivity index (χ1) is 9.49. The molecule has 1 aromatic carbocycles. The number of nitrogens with one attached hydrogen (secondary N) is 2. The number of rotatable bonds is 5. The topological polar surface area (TPSA) is 84.5 Å². The molecule has 0 bridgehead atoms. The molecule has 0 saturated heterocycles. The third kappa shape index (κ3) is 4.08. The average Bonchev–Trinajstić information content (AvgIpc) is 2.46. The lowest BCUT2D eigenvalue weighted by Crippen LogP contribution is -2.44. The molecule has 0 saturated carbocycles. The van der Waals surface area contributed by atoms with Gasteiger partial charge in [0.05, 0.1) is 12.7 Å². The first-order valence-electron chi connectivity index (χ1n) is 6.26. The van der Waals surface area contributed by atoms with E-state index < -0.39 is 12.0 Å². The van der Waals surface area contributed by atoms with E-state index in [1.165, 1.54) is 31.4 Å². The summed E-state index contributed by atoms with van der Waals surface area (Å²) < 4.78 is 4.57. The number of carbonyl (C=O) groups is 3. The van der Waals surface area contributed by atoms with Crippen molar-refractivity contribution in [3.63, 3.8) is 0 Å². The second-order valence-electron chi connectivity index (χ2n) is 4.16. The van der Waals surface area contributed by atoms with Gasteiger partial charge < -0.3 is 15.4 Å². The number of amides is 2. The van der Waals surface area contributed by atoms with Crippen LogP contribution in [0.5, 0.6) is 0 Å². The lowest BCUT2D eigenvalue weighted by Gasteiger charge is -2.13. The van der Waals surface area contributed by atoms with Crippen LogP contribution in [0.3, 0.4) is 0 Å². The minimum atomic E-state index is -0.622. The van der Waals surface area contributed by atoms with Gasteiger partial charge in [-0.1, -0.05) is 0 Å². The van der Waals surface area contributed by atoms with Crippen molar-refractivity contribution >= 4 is 17.8 Å². The van der Waals surface area contributed by atoms with Crippen LogP contribution in [-0.2, 0) is 9.53 Å². The fourth-order valence-electron chi connectivity index (χ4n) is 1.55. The average molecular weight is 278 g/mol. The largest absolute Gasteiger partial charge is 0.465 e. The molecule has 0 aromatic heterocycles. The summed E-state index contributed by atoms with van der Waals surface area (Å²) in [5, 5.41) is 5.20. The number of benzene rings is 1. The molecule has 2 N–H and O–H groups in total. The van der Waals surface area contributed by atoms with Crippen molar-refractivity contribution in [2.75, 3.05) is 13.7 Å². The van der Waals surface area contributed by atoms with Crippen molar-refractivity contribution in [2.45, 2.75) is 19.9 Å². The van der Waals surface area contributed by atoms with Crippen molar-refractivity contribution in [1.29, 1.82) is 0 Å². The summed E-state index contributed by atoms with van der Waals surface area (Å²) in [5.41, 5.74) is 0.731. The predicted molar refractivity (Wildman–Crippen MR) is 73.4 cm³/mol. The highest BCUT2D eigenvalue weighted by Gasteiger charge is 2.16. The van der Waals surface area contributed by atoms with Crippen LogP contribution in [-0.4, -0.2) is 37.5 Å².